The van der Waals surface area contributed by atoms with Gasteiger partial charge in [-0.3, -0.25) is 4.79 Å². The Labute approximate surface area is 102 Å². The van der Waals surface area contributed by atoms with E-state index in [4.69, 9.17) is 9.84 Å². The average molecular weight is 237 g/mol. The van der Waals surface area contributed by atoms with E-state index in [-0.39, 0.29) is 6.61 Å². The van der Waals surface area contributed by atoms with E-state index in [1.165, 1.54) is 5.56 Å². The SMILES string of the molecule is CCc1cccc(OCC(C)(NC)C(=O)O)c1. The van der Waals surface area contributed by atoms with E-state index in [0.29, 0.717) is 5.75 Å². The second-order valence-corrected chi connectivity index (χ2v) is 4.18. The van der Waals surface area contributed by atoms with Crippen LogP contribution < -0.4 is 10.1 Å². The fraction of sp³-hybridized carbons (Fsp3) is 0.462. The highest BCUT2D eigenvalue weighted by atomic mass is 16.5. The fourth-order valence-corrected chi connectivity index (χ4v) is 1.32. The first-order valence-electron chi connectivity index (χ1n) is 5.66. The van der Waals surface area contributed by atoms with Crippen molar-refractivity contribution in [3.63, 3.8) is 0 Å². The largest absolute Gasteiger partial charge is 0.491 e. The summed E-state index contributed by atoms with van der Waals surface area (Å²) in [6.45, 7) is 3.75. The lowest BCUT2D eigenvalue weighted by atomic mass is 10.1. The molecule has 0 fully saturated rings. The number of carbonyl (C=O) groups is 1. The van der Waals surface area contributed by atoms with Gasteiger partial charge in [-0.15, -0.1) is 0 Å². The first kappa shape index (κ1) is 13.5. The first-order valence-corrected chi connectivity index (χ1v) is 5.66. The van der Waals surface area contributed by atoms with Crippen molar-refractivity contribution in [1.82, 2.24) is 5.32 Å². The number of ether oxygens (including phenoxy) is 1. The molecule has 17 heavy (non-hydrogen) atoms. The average Bonchev–Trinajstić information content (AvgIpc) is 2.36. The predicted molar refractivity (Wildman–Crippen MR) is 66.4 cm³/mol. The summed E-state index contributed by atoms with van der Waals surface area (Å²) >= 11 is 0. The van der Waals surface area contributed by atoms with E-state index < -0.39 is 11.5 Å². The zero-order valence-electron chi connectivity index (χ0n) is 10.5. The number of rotatable bonds is 6. The Bertz CT molecular complexity index is 392. The number of likely N-dealkylation sites (N-methyl/N-ethyl adjacent to an activating group) is 1. The maximum atomic E-state index is 11.1. The molecule has 2 N–H and O–H groups in total. The molecule has 0 radical (unpaired) electrons. The van der Waals surface area contributed by atoms with Crippen molar-refractivity contribution in [3.8, 4) is 5.75 Å². The monoisotopic (exact) mass is 237 g/mol. The number of aliphatic carboxylic acids is 1. The molecule has 0 saturated heterocycles. The van der Waals surface area contributed by atoms with Crippen LogP contribution in [0.3, 0.4) is 0 Å². The van der Waals surface area contributed by atoms with Crippen molar-refractivity contribution in [2.75, 3.05) is 13.7 Å². The third-order valence-electron chi connectivity index (χ3n) is 2.86. The Hall–Kier alpha value is -1.55. The number of hydrogen-bond donors (Lipinski definition) is 2. The van der Waals surface area contributed by atoms with E-state index in [1.807, 2.05) is 24.3 Å². The van der Waals surface area contributed by atoms with Crippen LogP contribution in [0.15, 0.2) is 24.3 Å². The van der Waals surface area contributed by atoms with Crippen molar-refractivity contribution < 1.29 is 14.6 Å². The van der Waals surface area contributed by atoms with Crippen LogP contribution in [0.2, 0.25) is 0 Å². The van der Waals surface area contributed by atoms with Gasteiger partial charge in [0, 0.05) is 0 Å². The molecule has 1 unspecified atom stereocenters. The van der Waals surface area contributed by atoms with Crippen LogP contribution in [0.5, 0.6) is 5.75 Å². The van der Waals surface area contributed by atoms with Crippen LogP contribution in [0.25, 0.3) is 0 Å². The van der Waals surface area contributed by atoms with E-state index in [1.54, 1.807) is 14.0 Å². The Morgan fingerprint density at radius 1 is 1.53 bits per heavy atom. The second-order valence-electron chi connectivity index (χ2n) is 4.18. The molecule has 0 aliphatic rings. The van der Waals surface area contributed by atoms with Gasteiger partial charge in [-0.25, -0.2) is 0 Å². The van der Waals surface area contributed by atoms with Crippen LogP contribution in [-0.2, 0) is 11.2 Å². The molecule has 1 aromatic rings. The first-order chi connectivity index (χ1) is 8.01. The molecule has 0 aliphatic heterocycles. The minimum absolute atomic E-state index is 0.0893. The van der Waals surface area contributed by atoms with Gasteiger partial charge in [-0.1, -0.05) is 19.1 Å². The number of aryl methyl sites for hydroxylation is 1. The Kier molecular flexibility index (Phi) is 4.52. The van der Waals surface area contributed by atoms with Gasteiger partial charge in [-0.05, 0) is 38.1 Å². The van der Waals surface area contributed by atoms with E-state index in [2.05, 4.69) is 12.2 Å². The summed E-state index contributed by atoms with van der Waals surface area (Å²) in [5.41, 5.74) is 0.103. The lowest BCUT2D eigenvalue weighted by Crippen LogP contribution is -2.52. The summed E-state index contributed by atoms with van der Waals surface area (Å²) in [4.78, 5) is 11.1. The van der Waals surface area contributed by atoms with Crippen LogP contribution in [0, 0.1) is 0 Å². The summed E-state index contributed by atoms with van der Waals surface area (Å²) in [6, 6.07) is 7.68. The second kappa shape index (κ2) is 5.68. The van der Waals surface area contributed by atoms with E-state index in [0.717, 1.165) is 6.42 Å². The van der Waals surface area contributed by atoms with Gasteiger partial charge in [-0.2, -0.15) is 0 Å². The molecular weight excluding hydrogens is 218 g/mol. The zero-order valence-corrected chi connectivity index (χ0v) is 10.5. The van der Waals surface area contributed by atoms with Crippen LogP contribution in [0.1, 0.15) is 19.4 Å². The third kappa shape index (κ3) is 3.46. The van der Waals surface area contributed by atoms with Crippen LogP contribution in [-0.4, -0.2) is 30.3 Å². The van der Waals surface area contributed by atoms with Gasteiger partial charge in [0.2, 0.25) is 0 Å². The lowest BCUT2D eigenvalue weighted by Gasteiger charge is -2.24. The van der Waals surface area contributed by atoms with Gasteiger partial charge >= 0.3 is 5.97 Å². The highest BCUT2D eigenvalue weighted by Gasteiger charge is 2.32. The van der Waals surface area contributed by atoms with Crippen molar-refractivity contribution in [2.24, 2.45) is 0 Å². The number of nitrogens with one attached hydrogen (secondary N) is 1. The van der Waals surface area contributed by atoms with Gasteiger partial charge < -0.3 is 15.2 Å². The number of benzene rings is 1. The van der Waals surface area contributed by atoms with Gasteiger partial charge in [0.15, 0.2) is 0 Å². The van der Waals surface area contributed by atoms with Crippen molar-refractivity contribution in [3.05, 3.63) is 29.8 Å². The number of carboxylic acids is 1. The highest BCUT2D eigenvalue weighted by Crippen LogP contribution is 2.15. The summed E-state index contributed by atoms with van der Waals surface area (Å²) in [6.07, 6.45) is 0.930. The maximum absolute atomic E-state index is 11.1. The summed E-state index contributed by atoms with van der Waals surface area (Å²) in [5, 5.41) is 11.8. The van der Waals surface area contributed by atoms with E-state index >= 15 is 0 Å². The predicted octanol–water partition coefficient (Wildman–Crippen LogP) is 1.69. The lowest BCUT2D eigenvalue weighted by molar-refractivity contribution is -0.145. The number of hydrogen-bond acceptors (Lipinski definition) is 3. The smallest absolute Gasteiger partial charge is 0.327 e. The van der Waals surface area contributed by atoms with Crippen molar-refractivity contribution in [1.29, 1.82) is 0 Å². The van der Waals surface area contributed by atoms with Crippen LogP contribution in [0.4, 0.5) is 0 Å². The normalized spacial score (nSPS) is 14.1. The molecule has 94 valence electrons. The van der Waals surface area contributed by atoms with Crippen LogP contribution >= 0.6 is 0 Å². The zero-order chi connectivity index (χ0) is 12.9. The van der Waals surface area contributed by atoms with Crippen molar-refractivity contribution in [2.45, 2.75) is 25.8 Å². The molecule has 0 spiro atoms. The fourth-order valence-electron chi connectivity index (χ4n) is 1.32. The van der Waals surface area contributed by atoms with Crippen molar-refractivity contribution >= 4 is 5.97 Å². The summed E-state index contributed by atoms with van der Waals surface area (Å²) in [7, 11) is 1.61. The molecule has 0 aromatic heterocycles. The maximum Gasteiger partial charge on any atom is 0.327 e. The quantitative estimate of drug-likeness (QED) is 0.790. The van der Waals surface area contributed by atoms with Gasteiger partial charge in [0.05, 0.1) is 0 Å². The third-order valence-corrected chi connectivity index (χ3v) is 2.86. The summed E-state index contributed by atoms with van der Waals surface area (Å²) < 4.78 is 5.52. The standard InChI is InChI=1S/C13H19NO3/c1-4-10-6-5-7-11(8-10)17-9-13(2,14-3)12(15)16/h5-8,14H,4,9H2,1-3H3,(H,15,16). The molecule has 1 rings (SSSR count). The molecule has 4 heteroatoms. The molecular formula is C13H19NO3. The topological polar surface area (TPSA) is 58.6 Å². The Morgan fingerprint density at radius 2 is 2.24 bits per heavy atom. The molecule has 1 atom stereocenters. The minimum Gasteiger partial charge on any atom is -0.491 e. The molecule has 0 heterocycles. The number of carboxylic acid groups (broad SMARTS) is 1. The molecule has 1 aromatic carbocycles. The highest BCUT2D eigenvalue weighted by molar-refractivity contribution is 5.78. The molecule has 4 nitrogen and oxygen atoms in total. The minimum atomic E-state index is -1.07. The van der Waals surface area contributed by atoms with E-state index in [9.17, 15) is 4.79 Å². The van der Waals surface area contributed by atoms with Gasteiger partial charge in [0.1, 0.15) is 17.9 Å². The molecule has 0 saturated carbocycles. The summed E-state index contributed by atoms with van der Waals surface area (Å²) in [5.74, 6) is -0.223. The Balaban J connectivity index is 2.69. The molecule has 0 amide bonds. The molecule has 0 aliphatic carbocycles. The Morgan fingerprint density at radius 3 is 2.76 bits per heavy atom. The molecule has 0 bridgehead atoms. The van der Waals surface area contributed by atoms with Gasteiger partial charge in [0.25, 0.3) is 0 Å².